The van der Waals surface area contributed by atoms with Crippen LogP contribution in [0.5, 0.6) is 0 Å². The second kappa shape index (κ2) is 8.39. The molecule has 0 spiro atoms. The van der Waals surface area contributed by atoms with Crippen LogP contribution in [-0.2, 0) is 9.53 Å². The number of nitrogens with zero attached hydrogens (tertiary/aromatic N) is 2. The SMILES string of the molecule is Cl.Cl.O=C(C1COCCN1)N1CCN(CC2CC2)CC1. The van der Waals surface area contributed by atoms with Crippen molar-refractivity contribution in [2.45, 2.75) is 18.9 Å². The fourth-order valence-electron chi connectivity index (χ4n) is 2.76. The van der Waals surface area contributed by atoms with Gasteiger partial charge in [-0.05, 0) is 18.8 Å². The van der Waals surface area contributed by atoms with Gasteiger partial charge in [-0.2, -0.15) is 0 Å². The molecule has 0 aromatic heterocycles. The average Bonchev–Trinajstić information content (AvgIpc) is 3.24. The van der Waals surface area contributed by atoms with E-state index in [9.17, 15) is 4.79 Å². The normalized spacial score (nSPS) is 27.4. The molecule has 3 fully saturated rings. The summed E-state index contributed by atoms with van der Waals surface area (Å²) < 4.78 is 5.36. The molecular formula is C13H25Cl2N3O2. The molecule has 0 aromatic carbocycles. The van der Waals surface area contributed by atoms with Crippen LogP contribution in [0.3, 0.4) is 0 Å². The highest BCUT2D eigenvalue weighted by Crippen LogP contribution is 2.29. The van der Waals surface area contributed by atoms with Gasteiger partial charge in [0.05, 0.1) is 13.2 Å². The summed E-state index contributed by atoms with van der Waals surface area (Å²) in [5.41, 5.74) is 0. The highest BCUT2D eigenvalue weighted by atomic mass is 35.5. The Labute approximate surface area is 133 Å². The van der Waals surface area contributed by atoms with E-state index in [2.05, 4.69) is 10.2 Å². The van der Waals surface area contributed by atoms with Gasteiger partial charge in [0.15, 0.2) is 0 Å². The summed E-state index contributed by atoms with van der Waals surface area (Å²) in [6.07, 6.45) is 2.81. The monoisotopic (exact) mass is 325 g/mol. The van der Waals surface area contributed by atoms with E-state index >= 15 is 0 Å². The zero-order valence-corrected chi connectivity index (χ0v) is 13.4. The molecule has 118 valence electrons. The first-order valence-corrected chi connectivity index (χ1v) is 7.15. The number of morpholine rings is 1. The lowest BCUT2D eigenvalue weighted by Crippen LogP contribution is -2.57. The predicted octanol–water partition coefficient (Wildman–Crippen LogP) is 0.373. The minimum absolute atomic E-state index is 0. The number of hydrogen-bond donors (Lipinski definition) is 1. The second-order valence-electron chi connectivity index (χ2n) is 5.65. The van der Waals surface area contributed by atoms with Gasteiger partial charge in [-0.3, -0.25) is 9.69 Å². The Balaban J connectivity index is 0.000001000. The molecule has 1 aliphatic carbocycles. The van der Waals surface area contributed by atoms with Gasteiger partial charge in [-0.25, -0.2) is 0 Å². The number of carbonyl (C=O) groups excluding carboxylic acids is 1. The van der Waals surface area contributed by atoms with Crippen molar-refractivity contribution in [3.8, 4) is 0 Å². The molecule has 1 saturated carbocycles. The second-order valence-corrected chi connectivity index (χ2v) is 5.65. The maximum absolute atomic E-state index is 12.3. The largest absolute Gasteiger partial charge is 0.378 e. The Morgan fingerprint density at radius 2 is 1.85 bits per heavy atom. The maximum Gasteiger partial charge on any atom is 0.242 e. The van der Waals surface area contributed by atoms with Gasteiger partial charge >= 0.3 is 0 Å². The van der Waals surface area contributed by atoms with Crippen molar-refractivity contribution in [3.63, 3.8) is 0 Å². The zero-order valence-electron chi connectivity index (χ0n) is 11.8. The van der Waals surface area contributed by atoms with E-state index in [0.717, 1.165) is 45.2 Å². The van der Waals surface area contributed by atoms with Crippen LogP contribution >= 0.6 is 24.8 Å². The lowest BCUT2D eigenvalue weighted by Gasteiger charge is -2.37. The van der Waals surface area contributed by atoms with Crippen molar-refractivity contribution in [1.82, 2.24) is 15.1 Å². The first kappa shape index (κ1) is 18.0. The molecular weight excluding hydrogens is 301 g/mol. The van der Waals surface area contributed by atoms with Gasteiger partial charge in [0.1, 0.15) is 6.04 Å². The van der Waals surface area contributed by atoms with Crippen molar-refractivity contribution < 1.29 is 9.53 Å². The quantitative estimate of drug-likeness (QED) is 0.814. The zero-order chi connectivity index (χ0) is 12.4. The van der Waals surface area contributed by atoms with E-state index in [4.69, 9.17) is 4.74 Å². The third-order valence-corrected chi connectivity index (χ3v) is 4.12. The van der Waals surface area contributed by atoms with Gasteiger partial charge in [0.25, 0.3) is 0 Å². The smallest absolute Gasteiger partial charge is 0.242 e. The van der Waals surface area contributed by atoms with Crippen molar-refractivity contribution in [3.05, 3.63) is 0 Å². The number of halogens is 2. The van der Waals surface area contributed by atoms with E-state index in [0.29, 0.717) is 6.61 Å². The Bertz CT molecular complexity index is 302. The fraction of sp³-hybridized carbons (Fsp3) is 0.923. The first-order chi connectivity index (χ1) is 8.83. The van der Waals surface area contributed by atoms with E-state index in [-0.39, 0.29) is 36.8 Å². The highest BCUT2D eigenvalue weighted by Gasteiger charge is 2.30. The topological polar surface area (TPSA) is 44.8 Å². The van der Waals surface area contributed by atoms with Crippen LogP contribution in [0.15, 0.2) is 0 Å². The minimum atomic E-state index is -0.117. The van der Waals surface area contributed by atoms with Gasteiger partial charge in [0, 0.05) is 39.3 Å². The number of hydrogen-bond acceptors (Lipinski definition) is 4. The molecule has 0 bridgehead atoms. The molecule has 0 aromatic rings. The first-order valence-electron chi connectivity index (χ1n) is 7.15. The molecule has 2 aliphatic heterocycles. The number of ether oxygens (including phenoxy) is 1. The molecule has 0 radical (unpaired) electrons. The molecule has 2 heterocycles. The highest BCUT2D eigenvalue weighted by molar-refractivity contribution is 5.85. The number of piperazine rings is 1. The third-order valence-electron chi connectivity index (χ3n) is 4.12. The van der Waals surface area contributed by atoms with E-state index in [1.807, 2.05) is 4.90 Å². The summed E-state index contributed by atoms with van der Waals surface area (Å²) in [7, 11) is 0. The van der Waals surface area contributed by atoms with E-state index in [1.54, 1.807) is 0 Å². The van der Waals surface area contributed by atoms with E-state index < -0.39 is 0 Å². The van der Waals surface area contributed by atoms with Crippen molar-refractivity contribution in [1.29, 1.82) is 0 Å². The van der Waals surface area contributed by atoms with Crippen LogP contribution < -0.4 is 5.32 Å². The van der Waals surface area contributed by atoms with Crippen LogP contribution in [-0.4, -0.2) is 74.2 Å². The Hall–Kier alpha value is -0.0700. The number of carbonyl (C=O) groups is 1. The summed E-state index contributed by atoms with van der Waals surface area (Å²) in [6, 6.07) is -0.117. The number of rotatable bonds is 3. The van der Waals surface area contributed by atoms with E-state index in [1.165, 1.54) is 19.4 Å². The van der Waals surface area contributed by atoms with Crippen LogP contribution in [0, 0.1) is 5.92 Å². The van der Waals surface area contributed by atoms with Gasteiger partial charge < -0.3 is 15.0 Å². The van der Waals surface area contributed by atoms with Gasteiger partial charge in [-0.15, -0.1) is 24.8 Å². The molecule has 1 amide bonds. The molecule has 2 saturated heterocycles. The van der Waals surface area contributed by atoms with Crippen molar-refractivity contribution in [2.75, 3.05) is 52.5 Å². The van der Waals surface area contributed by atoms with Crippen LogP contribution in [0.2, 0.25) is 0 Å². The van der Waals surface area contributed by atoms with Crippen LogP contribution in [0.1, 0.15) is 12.8 Å². The summed E-state index contributed by atoms with van der Waals surface area (Å²) in [5.74, 6) is 1.17. The summed E-state index contributed by atoms with van der Waals surface area (Å²) in [6.45, 7) is 7.12. The Morgan fingerprint density at radius 1 is 1.15 bits per heavy atom. The van der Waals surface area contributed by atoms with Crippen LogP contribution in [0.4, 0.5) is 0 Å². The molecule has 5 nitrogen and oxygen atoms in total. The standard InChI is InChI=1S/C13H23N3O2.2ClH/c17-13(12-10-18-8-3-14-12)16-6-4-15(5-7-16)9-11-1-2-11;;/h11-12,14H,1-10H2;2*1H. The molecule has 1 atom stereocenters. The number of amides is 1. The van der Waals surface area contributed by atoms with Gasteiger partial charge in [0.2, 0.25) is 5.91 Å². The Kier molecular flexibility index (Phi) is 7.54. The lowest BCUT2D eigenvalue weighted by molar-refractivity contribution is -0.138. The minimum Gasteiger partial charge on any atom is -0.378 e. The molecule has 3 rings (SSSR count). The average molecular weight is 326 g/mol. The van der Waals surface area contributed by atoms with Crippen molar-refractivity contribution >= 4 is 30.7 Å². The predicted molar refractivity (Wildman–Crippen MR) is 82.8 cm³/mol. The number of nitrogens with one attached hydrogen (secondary N) is 1. The lowest BCUT2D eigenvalue weighted by atomic mass is 10.2. The van der Waals surface area contributed by atoms with Gasteiger partial charge in [-0.1, -0.05) is 0 Å². The molecule has 1 unspecified atom stereocenters. The fourth-order valence-corrected chi connectivity index (χ4v) is 2.76. The molecule has 1 N–H and O–H groups in total. The van der Waals surface area contributed by atoms with Crippen LogP contribution in [0.25, 0.3) is 0 Å². The molecule has 7 heteroatoms. The maximum atomic E-state index is 12.3. The molecule has 3 aliphatic rings. The molecule has 20 heavy (non-hydrogen) atoms. The summed E-state index contributed by atoms with van der Waals surface area (Å²) in [4.78, 5) is 16.8. The Morgan fingerprint density at radius 3 is 2.40 bits per heavy atom. The summed E-state index contributed by atoms with van der Waals surface area (Å²) in [5, 5.41) is 3.24. The summed E-state index contributed by atoms with van der Waals surface area (Å²) >= 11 is 0. The third kappa shape index (κ3) is 4.74. The van der Waals surface area contributed by atoms with Crippen molar-refractivity contribution in [2.24, 2.45) is 5.92 Å².